The van der Waals surface area contributed by atoms with Gasteiger partial charge in [0.1, 0.15) is 11.5 Å². The third-order valence-electron chi connectivity index (χ3n) is 3.65. The van der Waals surface area contributed by atoms with Crippen LogP contribution in [-0.4, -0.2) is 21.9 Å². The van der Waals surface area contributed by atoms with Gasteiger partial charge in [0.25, 0.3) is 0 Å². The monoisotopic (exact) mass is 304 g/mol. The zero-order valence-electron chi connectivity index (χ0n) is 12.9. The van der Waals surface area contributed by atoms with Gasteiger partial charge in [-0.3, -0.25) is 5.10 Å². The lowest BCUT2D eigenvalue weighted by atomic mass is 9.98. The van der Waals surface area contributed by atoms with Crippen molar-refractivity contribution in [3.63, 3.8) is 0 Å². The third-order valence-corrected chi connectivity index (χ3v) is 3.65. The molecule has 1 aromatic heterocycles. The second kappa shape index (κ2) is 6.57. The fraction of sp³-hybridized carbons (Fsp3) is 0.400. The number of nitrogens with two attached hydrogens (primary N) is 3. The first kappa shape index (κ1) is 16.0. The molecule has 1 heterocycles. The lowest BCUT2D eigenvalue weighted by molar-refractivity contribution is 0.300. The number of aromatic nitrogens is 2. The summed E-state index contributed by atoms with van der Waals surface area (Å²) in [6, 6.07) is 5.48. The summed E-state index contributed by atoms with van der Waals surface area (Å²) in [5.74, 6) is 0.611. The van der Waals surface area contributed by atoms with Gasteiger partial charge in [-0.2, -0.15) is 5.10 Å². The molecule has 0 saturated carbocycles. The molecule has 22 heavy (non-hydrogen) atoms. The summed E-state index contributed by atoms with van der Waals surface area (Å²) in [7, 11) is 0. The summed E-state index contributed by atoms with van der Waals surface area (Å²) in [6.45, 7) is 4.21. The summed E-state index contributed by atoms with van der Waals surface area (Å²) in [4.78, 5) is 0. The number of benzene rings is 1. The molecule has 0 aliphatic rings. The van der Waals surface area contributed by atoms with E-state index in [1.165, 1.54) is 0 Å². The van der Waals surface area contributed by atoms with E-state index in [0.717, 1.165) is 11.3 Å². The molecule has 0 fully saturated rings. The van der Waals surface area contributed by atoms with Crippen LogP contribution in [0.2, 0.25) is 0 Å². The lowest BCUT2D eigenvalue weighted by Crippen LogP contribution is -2.19. The third kappa shape index (κ3) is 3.25. The molecule has 0 amide bonds. The first-order valence-corrected chi connectivity index (χ1v) is 7.29. The van der Waals surface area contributed by atoms with Gasteiger partial charge < -0.3 is 27.6 Å². The standard InChI is InChI=1S/C15H24N6O/c1-8(2)13(14-12(17)15(18)21-20-14)19-11-4-3-10(16)7-9(11)5-6-22/h3-4,7-8,13,19,22H,5-6,16-17H2,1-2H3,(H3,18,20,21). The Balaban J connectivity index is 2.35. The second-order valence-electron chi connectivity index (χ2n) is 5.69. The first-order valence-electron chi connectivity index (χ1n) is 7.29. The normalized spacial score (nSPS) is 12.5. The molecule has 9 N–H and O–H groups in total. The number of hydrogen-bond donors (Lipinski definition) is 6. The van der Waals surface area contributed by atoms with E-state index >= 15 is 0 Å². The average molecular weight is 304 g/mol. The molecule has 1 atom stereocenters. The van der Waals surface area contributed by atoms with E-state index in [1.807, 2.05) is 18.2 Å². The molecule has 0 aliphatic carbocycles. The first-order chi connectivity index (χ1) is 10.4. The molecule has 0 aliphatic heterocycles. The van der Waals surface area contributed by atoms with Crippen molar-refractivity contribution in [3.8, 4) is 0 Å². The zero-order chi connectivity index (χ0) is 16.3. The number of H-pyrrole nitrogens is 1. The topological polar surface area (TPSA) is 139 Å². The molecular weight excluding hydrogens is 280 g/mol. The quantitative estimate of drug-likeness (QED) is 0.447. The predicted octanol–water partition coefficient (Wildman–Crippen LogP) is 1.50. The minimum atomic E-state index is -0.102. The number of anilines is 4. The highest BCUT2D eigenvalue weighted by molar-refractivity contribution is 5.65. The van der Waals surface area contributed by atoms with E-state index in [-0.39, 0.29) is 18.6 Å². The Bertz CT molecular complexity index is 637. The zero-order valence-corrected chi connectivity index (χ0v) is 12.9. The molecule has 2 rings (SSSR count). The summed E-state index contributed by atoms with van der Waals surface area (Å²) in [6.07, 6.45) is 0.524. The van der Waals surface area contributed by atoms with Crippen molar-refractivity contribution < 1.29 is 5.11 Å². The van der Waals surface area contributed by atoms with Crippen LogP contribution in [0, 0.1) is 5.92 Å². The fourth-order valence-electron chi connectivity index (χ4n) is 2.42. The molecule has 0 bridgehead atoms. The van der Waals surface area contributed by atoms with Crippen LogP contribution in [0.4, 0.5) is 22.9 Å². The van der Waals surface area contributed by atoms with Gasteiger partial charge in [0.2, 0.25) is 0 Å². The Morgan fingerprint density at radius 1 is 1.27 bits per heavy atom. The van der Waals surface area contributed by atoms with Gasteiger partial charge >= 0.3 is 0 Å². The van der Waals surface area contributed by atoms with Crippen molar-refractivity contribution in [2.24, 2.45) is 5.92 Å². The van der Waals surface area contributed by atoms with Gasteiger partial charge in [0.15, 0.2) is 0 Å². The van der Waals surface area contributed by atoms with E-state index < -0.39 is 0 Å². The number of aliphatic hydroxyl groups excluding tert-OH is 1. The smallest absolute Gasteiger partial charge is 0.142 e. The van der Waals surface area contributed by atoms with Crippen LogP contribution in [0.15, 0.2) is 18.2 Å². The number of aromatic amines is 1. The van der Waals surface area contributed by atoms with Gasteiger partial charge in [-0.15, -0.1) is 0 Å². The van der Waals surface area contributed by atoms with Gasteiger partial charge in [-0.05, 0) is 36.1 Å². The highest BCUT2D eigenvalue weighted by Gasteiger charge is 2.23. The van der Waals surface area contributed by atoms with Gasteiger partial charge in [-0.1, -0.05) is 13.8 Å². The van der Waals surface area contributed by atoms with Crippen molar-refractivity contribution in [2.45, 2.75) is 26.3 Å². The number of nitrogen functional groups attached to an aromatic ring is 3. The molecule has 1 unspecified atom stereocenters. The van der Waals surface area contributed by atoms with E-state index in [4.69, 9.17) is 17.2 Å². The maximum atomic E-state index is 9.22. The summed E-state index contributed by atoms with van der Waals surface area (Å²) >= 11 is 0. The van der Waals surface area contributed by atoms with Gasteiger partial charge in [-0.25, -0.2) is 0 Å². The summed E-state index contributed by atoms with van der Waals surface area (Å²) in [5.41, 5.74) is 21.3. The van der Waals surface area contributed by atoms with E-state index in [9.17, 15) is 5.11 Å². The van der Waals surface area contributed by atoms with E-state index in [0.29, 0.717) is 29.3 Å². The molecular formula is C15H24N6O. The van der Waals surface area contributed by atoms with Crippen LogP contribution in [0.3, 0.4) is 0 Å². The van der Waals surface area contributed by atoms with Crippen molar-refractivity contribution >= 4 is 22.9 Å². The van der Waals surface area contributed by atoms with Crippen LogP contribution >= 0.6 is 0 Å². The number of nitrogens with one attached hydrogen (secondary N) is 2. The Hall–Kier alpha value is -2.41. The molecule has 0 saturated heterocycles. The largest absolute Gasteiger partial charge is 0.399 e. The summed E-state index contributed by atoms with van der Waals surface area (Å²) in [5, 5.41) is 19.6. The average Bonchev–Trinajstić information content (AvgIpc) is 2.78. The minimum Gasteiger partial charge on any atom is -0.399 e. The van der Waals surface area contributed by atoms with Crippen molar-refractivity contribution in [3.05, 3.63) is 29.5 Å². The van der Waals surface area contributed by atoms with Crippen molar-refractivity contribution in [1.29, 1.82) is 0 Å². The van der Waals surface area contributed by atoms with Crippen LogP contribution in [0.5, 0.6) is 0 Å². The molecule has 0 radical (unpaired) electrons. The van der Waals surface area contributed by atoms with E-state index in [2.05, 4.69) is 29.4 Å². The Labute approximate surface area is 129 Å². The Kier molecular flexibility index (Phi) is 4.77. The summed E-state index contributed by atoms with van der Waals surface area (Å²) < 4.78 is 0. The molecule has 7 heteroatoms. The molecule has 2 aromatic rings. The van der Waals surface area contributed by atoms with Crippen LogP contribution in [-0.2, 0) is 6.42 Å². The number of nitrogens with zero attached hydrogens (tertiary/aromatic N) is 1. The fourth-order valence-corrected chi connectivity index (χ4v) is 2.42. The maximum Gasteiger partial charge on any atom is 0.142 e. The highest BCUT2D eigenvalue weighted by Crippen LogP contribution is 2.32. The van der Waals surface area contributed by atoms with E-state index in [1.54, 1.807) is 0 Å². The van der Waals surface area contributed by atoms with Crippen molar-refractivity contribution in [1.82, 2.24) is 10.2 Å². The maximum absolute atomic E-state index is 9.22. The number of hydrogen-bond acceptors (Lipinski definition) is 6. The number of rotatable bonds is 6. The minimum absolute atomic E-state index is 0.0575. The number of aliphatic hydroxyl groups is 1. The highest BCUT2D eigenvalue weighted by atomic mass is 16.2. The van der Waals surface area contributed by atoms with Gasteiger partial charge in [0.05, 0.1) is 11.7 Å². The SMILES string of the molecule is CC(C)C(Nc1ccc(N)cc1CCO)c1n[nH]c(N)c1N. The molecule has 120 valence electrons. The van der Waals surface area contributed by atoms with Crippen LogP contribution in [0.1, 0.15) is 31.1 Å². The molecule has 0 spiro atoms. The van der Waals surface area contributed by atoms with Gasteiger partial charge in [0, 0.05) is 18.0 Å². The van der Waals surface area contributed by atoms with Crippen LogP contribution < -0.4 is 22.5 Å². The lowest BCUT2D eigenvalue weighted by Gasteiger charge is -2.24. The molecule has 7 nitrogen and oxygen atoms in total. The Morgan fingerprint density at radius 2 is 2.00 bits per heavy atom. The Morgan fingerprint density at radius 3 is 2.55 bits per heavy atom. The molecule has 1 aromatic carbocycles. The predicted molar refractivity (Wildman–Crippen MR) is 90.3 cm³/mol. The van der Waals surface area contributed by atoms with Crippen LogP contribution in [0.25, 0.3) is 0 Å². The second-order valence-corrected chi connectivity index (χ2v) is 5.69. The van der Waals surface area contributed by atoms with Crippen molar-refractivity contribution in [2.75, 3.05) is 29.1 Å².